The Bertz CT molecular complexity index is 2620. The monoisotopic (exact) mass is 1010 g/mol. The minimum absolute atomic E-state index is 0.00310. The van der Waals surface area contributed by atoms with Crippen molar-refractivity contribution in [1.82, 2.24) is 34.8 Å². The molecule has 0 radical (unpaired) electrons. The number of anilines is 1. The number of carbonyl (C=O) groups excluding carboxylic acids is 1. The topological polar surface area (TPSA) is 202 Å². The molecule has 2 aliphatic rings. The van der Waals surface area contributed by atoms with Crippen molar-refractivity contribution < 1.29 is 27.7 Å². The lowest BCUT2D eigenvalue weighted by molar-refractivity contribution is -0.118. The summed E-state index contributed by atoms with van der Waals surface area (Å²) < 4.78 is 35.3. The van der Waals surface area contributed by atoms with Crippen molar-refractivity contribution in [3.63, 3.8) is 0 Å². The molecule has 0 spiro atoms. The number of imidazole rings is 1. The van der Waals surface area contributed by atoms with Crippen molar-refractivity contribution in [2.24, 2.45) is 10.9 Å². The van der Waals surface area contributed by atoms with Gasteiger partial charge < -0.3 is 27.8 Å². The minimum Gasteiger partial charge on any atom is -0.414 e. The highest BCUT2D eigenvalue weighted by molar-refractivity contribution is 8.09. The van der Waals surface area contributed by atoms with E-state index in [4.69, 9.17) is 39.7 Å². The number of carbonyl (C=O) groups is 1. The Kier molecular flexibility index (Phi) is 17.1. The average Bonchev–Trinajstić information content (AvgIpc) is 4.06. The van der Waals surface area contributed by atoms with Crippen LogP contribution in [0.3, 0.4) is 0 Å². The summed E-state index contributed by atoms with van der Waals surface area (Å²) in [4.78, 5) is 44.2. The van der Waals surface area contributed by atoms with Gasteiger partial charge in [0.05, 0.1) is 62.7 Å². The van der Waals surface area contributed by atoms with E-state index in [1.54, 1.807) is 24.8 Å². The molecule has 0 saturated carbocycles. The van der Waals surface area contributed by atoms with E-state index in [0.29, 0.717) is 12.8 Å². The number of nitrogens with one attached hydrogen (secondary N) is 4. The van der Waals surface area contributed by atoms with E-state index in [9.17, 15) is 14.9 Å². The van der Waals surface area contributed by atoms with E-state index >= 15 is 0 Å². The van der Waals surface area contributed by atoms with E-state index in [2.05, 4.69) is 107 Å². The Balaban J connectivity index is 1.22. The Labute approximate surface area is 417 Å². The van der Waals surface area contributed by atoms with Gasteiger partial charge in [0.15, 0.2) is 25.7 Å². The second-order valence-corrected chi connectivity index (χ2v) is 27.8. The fourth-order valence-corrected chi connectivity index (χ4v) is 11.7. The third-order valence-corrected chi connectivity index (χ3v) is 20.2. The minimum atomic E-state index is -3.47. The second-order valence-electron chi connectivity index (χ2n) is 19.8. The zero-order valence-electron chi connectivity index (χ0n) is 41.5. The van der Waals surface area contributed by atoms with Gasteiger partial charge >= 0.3 is 0 Å². The van der Waals surface area contributed by atoms with Gasteiger partial charge in [0.1, 0.15) is 6.23 Å². The van der Waals surface area contributed by atoms with Crippen molar-refractivity contribution in [3.05, 3.63) is 124 Å². The first-order chi connectivity index (χ1) is 33.3. The van der Waals surface area contributed by atoms with Crippen LogP contribution in [0.15, 0.2) is 107 Å². The Hall–Kier alpha value is -4.97. The normalized spacial score (nSPS) is 21.8. The molecule has 7 unspecified atom stereocenters. The molecule has 2 aromatic heterocycles. The quantitative estimate of drug-likeness (QED) is 0.0138. The highest BCUT2D eigenvalue weighted by Crippen LogP contribution is 2.49. The molecule has 5 aromatic rings. The molecule has 70 heavy (non-hydrogen) atoms. The molecule has 0 aliphatic carbocycles. The molecule has 1 amide bonds. The van der Waals surface area contributed by atoms with E-state index in [-0.39, 0.29) is 66.3 Å². The van der Waals surface area contributed by atoms with E-state index in [0.717, 1.165) is 16.7 Å². The van der Waals surface area contributed by atoms with Gasteiger partial charge in [-0.25, -0.2) is 15.1 Å². The van der Waals surface area contributed by atoms with Crippen molar-refractivity contribution in [2.45, 2.75) is 114 Å². The molecule has 3 aromatic carbocycles. The van der Waals surface area contributed by atoms with Gasteiger partial charge in [-0.1, -0.05) is 126 Å². The molecule has 4 N–H and O–H groups in total. The molecule has 4 heterocycles. The fraction of sp³-hybridized carbons (Fsp3) is 0.480. The van der Waals surface area contributed by atoms with Crippen LogP contribution >= 0.6 is 6.64 Å². The molecule has 2 saturated heterocycles. The van der Waals surface area contributed by atoms with Crippen LogP contribution in [0.5, 0.6) is 0 Å². The zero-order valence-corrected chi connectivity index (χ0v) is 44.2. The lowest BCUT2D eigenvalue weighted by atomic mass is 9.76. The van der Waals surface area contributed by atoms with Gasteiger partial charge in [0, 0.05) is 44.9 Å². The number of fused-ring (bicyclic) bond motifs is 1. The average molecular weight is 1010 g/mol. The SMILES string of the molecule is CC(C)C(=O)Nc1nc2c(ncn2C2CC(NP(=S)(OCCC#N)OCC3OC(/N=C\N(C)C)CC3NC(c3ccccc3)(c3ccccc3)c3ccccc3)C(CO[Si](C)(C)C(C)(C)C)O2)c(=O)[nH]1. The van der Waals surface area contributed by atoms with Gasteiger partial charge in [0.2, 0.25) is 11.9 Å². The lowest BCUT2D eigenvalue weighted by Crippen LogP contribution is -2.53. The molecular weight excluding hydrogens is 944 g/mol. The maximum absolute atomic E-state index is 13.2. The first kappa shape index (κ1) is 52.8. The summed E-state index contributed by atoms with van der Waals surface area (Å²) in [5.74, 6) is -0.642. The molecule has 17 nitrogen and oxygen atoms in total. The van der Waals surface area contributed by atoms with Gasteiger partial charge in [-0.05, 0) is 46.6 Å². The highest BCUT2D eigenvalue weighted by Gasteiger charge is 2.47. The number of ether oxygens (including phenoxy) is 2. The first-order valence-electron chi connectivity index (χ1n) is 23.7. The number of nitriles is 1. The number of H-pyrrole nitrogens is 1. The maximum atomic E-state index is 13.2. The van der Waals surface area contributed by atoms with Gasteiger partial charge in [-0.15, -0.1) is 0 Å². The fourth-order valence-electron chi connectivity index (χ4n) is 8.28. The van der Waals surface area contributed by atoms with Crippen LogP contribution in [-0.2, 0) is 45.1 Å². The van der Waals surface area contributed by atoms with Crippen molar-refractivity contribution in [3.8, 4) is 6.07 Å². The molecule has 20 heteroatoms. The molecule has 2 aliphatic heterocycles. The Morgan fingerprint density at radius 2 is 1.57 bits per heavy atom. The molecule has 2 fully saturated rings. The number of aliphatic imine (C=N–C) groups is 1. The van der Waals surface area contributed by atoms with Gasteiger partial charge in [0.25, 0.3) is 12.2 Å². The summed E-state index contributed by atoms with van der Waals surface area (Å²) in [7, 11) is 1.54. The molecule has 0 bridgehead atoms. The first-order valence-corrected chi connectivity index (χ1v) is 29.3. The summed E-state index contributed by atoms with van der Waals surface area (Å²) in [5, 5.41) is 19.9. The van der Waals surface area contributed by atoms with Crippen molar-refractivity contribution in [2.75, 3.05) is 39.2 Å². The molecule has 7 rings (SSSR count). The van der Waals surface area contributed by atoms with Crippen LogP contribution in [0.1, 0.15) is 76.8 Å². The van der Waals surface area contributed by atoms with Crippen LogP contribution in [-0.4, -0.2) is 109 Å². The van der Waals surface area contributed by atoms with Crippen LogP contribution in [0, 0.1) is 17.2 Å². The van der Waals surface area contributed by atoms with Crippen LogP contribution in [0.2, 0.25) is 18.1 Å². The van der Waals surface area contributed by atoms with Gasteiger partial charge in [-0.2, -0.15) is 10.2 Å². The highest BCUT2D eigenvalue weighted by atomic mass is 32.5. The van der Waals surface area contributed by atoms with Gasteiger partial charge in [-0.3, -0.25) is 29.8 Å². The number of rotatable bonds is 21. The van der Waals surface area contributed by atoms with Crippen LogP contribution < -0.4 is 21.3 Å². The number of benzene rings is 3. The van der Waals surface area contributed by atoms with E-state index in [1.165, 1.54) is 6.33 Å². The van der Waals surface area contributed by atoms with Crippen molar-refractivity contribution >= 4 is 56.1 Å². The summed E-state index contributed by atoms with van der Waals surface area (Å²) in [5.41, 5.74) is 2.14. The summed E-state index contributed by atoms with van der Waals surface area (Å²) >= 11 is 6.39. The van der Waals surface area contributed by atoms with Crippen molar-refractivity contribution in [1.29, 1.82) is 5.26 Å². The summed E-state index contributed by atoms with van der Waals surface area (Å²) in [6.07, 6.45) is 1.84. The summed E-state index contributed by atoms with van der Waals surface area (Å²) in [6.45, 7) is 11.2. The largest absolute Gasteiger partial charge is 0.414 e. The second kappa shape index (κ2) is 22.6. The number of aromatic amines is 1. The number of nitrogens with zero attached hydrogens (tertiary/aromatic N) is 6. The molecule has 7 atom stereocenters. The molecule has 374 valence electrons. The Morgan fingerprint density at radius 3 is 2.13 bits per heavy atom. The number of hydrogen-bond donors (Lipinski definition) is 4. The van der Waals surface area contributed by atoms with E-state index < -0.39 is 56.8 Å². The molecular formula is C50H67N10O7PSSi. The maximum Gasteiger partial charge on any atom is 0.280 e. The smallest absolute Gasteiger partial charge is 0.280 e. The predicted molar refractivity (Wildman–Crippen MR) is 278 cm³/mol. The standard InChI is InChI=1S/C50H67N10O7PSSi/c1-34(2)46(61)55-48-54-45-44(47(62)56-48)53-33-60(45)43-29-39(41(67-43)31-65-70(8,9)49(3,4)5)58-68(69,63-27-19-26-51)64-30-40-38(28-42(66-40)52-32-59(6)7)57-50(35-20-13-10-14-21-35,36-22-15-11-16-23-36)37-24-17-12-18-25-37/h10-18,20-25,32-34,38-43,57H,19,27-31H2,1-9H3,(H,58,69)(H2,54,55,56,61,62)/b52-32-. The van der Waals surface area contributed by atoms with Crippen LogP contribution in [0.25, 0.3) is 11.2 Å². The summed E-state index contributed by atoms with van der Waals surface area (Å²) in [6, 6.07) is 32.5. The van der Waals surface area contributed by atoms with E-state index in [1.807, 2.05) is 73.6 Å². The van der Waals surface area contributed by atoms with Crippen LogP contribution in [0.4, 0.5) is 5.95 Å². The Morgan fingerprint density at radius 1 is 0.971 bits per heavy atom. The number of aromatic nitrogens is 4. The third-order valence-electron chi connectivity index (χ3n) is 13.1. The number of amides is 1. The lowest BCUT2D eigenvalue weighted by Gasteiger charge is -2.40. The third kappa shape index (κ3) is 12.4. The predicted octanol–water partition coefficient (Wildman–Crippen LogP) is 7.81. The zero-order chi connectivity index (χ0) is 50.3. The number of hydrogen-bond acceptors (Lipinski definition) is 13.